The van der Waals surface area contributed by atoms with Gasteiger partial charge in [0, 0.05) is 34.4 Å². The number of benzene rings is 3. The van der Waals surface area contributed by atoms with Crippen LogP contribution in [0.3, 0.4) is 0 Å². The van der Waals surface area contributed by atoms with E-state index in [-0.39, 0.29) is 23.5 Å². The molecule has 2 unspecified atom stereocenters. The van der Waals surface area contributed by atoms with Crippen molar-refractivity contribution < 1.29 is 9.85 Å². The van der Waals surface area contributed by atoms with E-state index >= 15 is 0 Å². The Labute approximate surface area is 181 Å². The van der Waals surface area contributed by atoms with Gasteiger partial charge in [-0.05, 0) is 48.2 Å². The minimum absolute atomic E-state index is 0.0483. The zero-order chi connectivity index (χ0) is 21.3. The first-order chi connectivity index (χ1) is 14.4. The van der Waals surface area contributed by atoms with Crippen LogP contribution in [0, 0.1) is 20.2 Å². The van der Waals surface area contributed by atoms with Gasteiger partial charge in [-0.3, -0.25) is 20.2 Å². The number of hydrogen-bond acceptors (Lipinski definition) is 5. The Morgan fingerprint density at radius 3 is 1.47 bits per heavy atom. The third-order valence-corrected chi connectivity index (χ3v) is 6.02. The molecule has 1 saturated heterocycles. The van der Waals surface area contributed by atoms with Crippen LogP contribution in [-0.4, -0.2) is 9.85 Å². The second-order valence-corrected chi connectivity index (χ2v) is 8.11. The number of nitrogens with zero attached hydrogens (tertiary/aromatic N) is 3. The molecule has 3 aromatic rings. The Balaban J connectivity index is 1.72. The number of rotatable bonds is 5. The monoisotopic (exact) mass is 467 g/mol. The van der Waals surface area contributed by atoms with Crippen molar-refractivity contribution in [2.75, 3.05) is 4.90 Å². The van der Waals surface area contributed by atoms with Crippen molar-refractivity contribution in [1.29, 1.82) is 0 Å². The number of non-ortho nitro benzene ring substituents is 2. The van der Waals surface area contributed by atoms with E-state index in [0.717, 1.165) is 34.1 Å². The second-order valence-electron chi connectivity index (χ2n) is 7.19. The van der Waals surface area contributed by atoms with E-state index < -0.39 is 9.85 Å². The maximum Gasteiger partial charge on any atom is 0.269 e. The van der Waals surface area contributed by atoms with Crippen molar-refractivity contribution in [3.8, 4) is 0 Å². The molecule has 1 aliphatic rings. The van der Waals surface area contributed by atoms with Crippen LogP contribution in [0.25, 0.3) is 0 Å². The van der Waals surface area contributed by atoms with Gasteiger partial charge in [-0.15, -0.1) is 0 Å². The van der Waals surface area contributed by atoms with Gasteiger partial charge in [-0.2, -0.15) is 0 Å². The summed E-state index contributed by atoms with van der Waals surface area (Å²) in [5.74, 6) is 0. The van der Waals surface area contributed by atoms with Crippen molar-refractivity contribution in [2.24, 2.45) is 0 Å². The number of nitro benzene ring substituents is 2. The van der Waals surface area contributed by atoms with E-state index in [1.807, 2.05) is 48.5 Å². The average molecular weight is 468 g/mol. The van der Waals surface area contributed by atoms with Crippen LogP contribution in [0.1, 0.15) is 36.1 Å². The molecule has 0 radical (unpaired) electrons. The van der Waals surface area contributed by atoms with Crippen LogP contribution in [-0.2, 0) is 0 Å². The lowest BCUT2D eigenvalue weighted by atomic mass is 10.0. The molecule has 0 aromatic heterocycles. The first-order valence-electron chi connectivity index (χ1n) is 9.46. The first-order valence-corrected chi connectivity index (χ1v) is 10.3. The molecular weight excluding hydrogens is 450 g/mol. The van der Waals surface area contributed by atoms with Gasteiger partial charge in [0.15, 0.2) is 0 Å². The maximum atomic E-state index is 11.0. The molecule has 2 atom stereocenters. The molecule has 8 heteroatoms. The molecule has 1 fully saturated rings. The average Bonchev–Trinajstić information content (AvgIpc) is 3.19. The van der Waals surface area contributed by atoms with Crippen LogP contribution in [0.2, 0.25) is 0 Å². The molecular formula is C22H18BrN3O4. The van der Waals surface area contributed by atoms with Gasteiger partial charge < -0.3 is 4.90 Å². The Morgan fingerprint density at radius 1 is 0.700 bits per heavy atom. The Kier molecular flexibility index (Phi) is 5.50. The SMILES string of the molecule is O=[N+]([O-])c1ccc(C2CCC(c3ccc([N+](=O)[O-])cc3)N2c2ccc(Br)cc2)cc1. The molecule has 3 aromatic carbocycles. The number of halogens is 1. The molecule has 30 heavy (non-hydrogen) atoms. The fourth-order valence-corrected chi connectivity index (χ4v) is 4.34. The molecule has 7 nitrogen and oxygen atoms in total. The minimum Gasteiger partial charge on any atom is -0.357 e. The van der Waals surface area contributed by atoms with Crippen molar-refractivity contribution >= 4 is 33.0 Å². The van der Waals surface area contributed by atoms with Crippen LogP contribution in [0.4, 0.5) is 17.1 Å². The molecule has 0 N–H and O–H groups in total. The highest BCUT2D eigenvalue weighted by Gasteiger charge is 2.35. The lowest BCUT2D eigenvalue weighted by molar-refractivity contribution is -0.385. The summed E-state index contributed by atoms with van der Waals surface area (Å²) in [6.45, 7) is 0. The van der Waals surface area contributed by atoms with Gasteiger partial charge in [0.2, 0.25) is 0 Å². The molecule has 0 amide bonds. The molecule has 0 bridgehead atoms. The third-order valence-electron chi connectivity index (χ3n) is 5.49. The fourth-order valence-electron chi connectivity index (χ4n) is 4.08. The highest BCUT2D eigenvalue weighted by molar-refractivity contribution is 9.10. The predicted molar refractivity (Wildman–Crippen MR) is 118 cm³/mol. The molecule has 0 saturated carbocycles. The smallest absolute Gasteiger partial charge is 0.269 e. The zero-order valence-corrected chi connectivity index (χ0v) is 17.4. The number of hydrogen-bond donors (Lipinski definition) is 0. The van der Waals surface area contributed by atoms with E-state index in [4.69, 9.17) is 0 Å². The summed E-state index contributed by atoms with van der Waals surface area (Å²) in [6, 6.07) is 21.5. The van der Waals surface area contributed by atoms with E-state index in [1.54, 1.807) is 0 Å². The summed E-state index contributed by atoms with van der Waals surface area (Å²) < 4.78 is 0.976. The summed E-state index contributed by atoms with van der Waals surface area (Å²) in [4.78, 5) is 23.5. The van der Waals surface area contributed by atoms with Gasteiger partial charge in [0.25, 0.3) is 11.4 Å². The number of anilines is 1. The third kappa shape index (κ3) is 3.91. The molecule has 0 spiro atoms. The van der Waals surface area contributed by atoms with E-state index in [1.165, 1.54) is 24.3 Å². The summed E-state index contributed by atoms with van der Waals surface area (Å²) in [7, 11) is 0. The van der Waals surface area contributed by atoms with E-state index in [2.05, 4.69) is 20.8 Å². The normalized spacial score (nSPS) is 18.4. The molecule has 152 valence electrons. The van der Waals surface area contributed by atoms with Gasteiger partial charge in [-0.25, -0.2) is 0 Å². The quantitative estimate of drug-likeness (QED) is 0.322. The first kappa shape index (κ1) is 20.0. The summed E-state index contributed by atoms with van der Waals surface area (Å²) in [6.07, 6.45) is 1.74. The molecule has 4 rings (SSSR count). The number of nitro groups is 2. The second kappa shape index (κ2) is 8.23. The Morgan fingerprint density at radius 2 is 1.10 bits per heavy atom. The minimum atomic E-state index is -0.398. The van der Waals surface area contributed by atoms with Crippen LogP contribution < -0.4 is 4.90 Å². The van der Waals surface area contributed by atoms with Crippen LogP contribution in [0.5, 0.6) is 0 Å². The highest BCUT2D eigenvalue weighted by Crippen LogP contribution is 2.47. The molecule has 1 heterocycles. The van der Waals surface area contributed by atoms with Crippen LogP contribution in [0.15, 0.2) is 77.3 Å². The van der Waals surface area contributed by atoms with Gasteiger partial charge in [0.1, 0.15) is 0 Å². The van der Waals surface area contributed by atoms with E-state index in [0.29, 0.717) is 0 Å². The van der Waals surface area contributed by atoms with Gasteiger partial charge >= 0.3 is 0 Å². The lowest BCUT2D eigenvalue weighted by Crippen LogP contribution is -2.26. The Bertz CT molecular complexity index is 1000. The maximum absolute atomic E-state index is 11.0. The van der Waals surface area contributed by atoms with Crippen molar-refractivity contribution in [3.63, 3.8) is 0 Å². The summed E-state index contributed by atoms with van der Waals surface area (Å²) >= 11 is 3.47. The fraction of sp³-hybridized carbons (Fsp3) is 0.182. The molecule has 0 aliphatic carbocycles. The summed E-state index contributed by atoms with van der Waals surface area (Å²) in [5, 5.41) is 22.0. The van der Waals surface area contributed by atoms with Crippen molar-refractivity contribution in [1.82, 2.24) is 0 Å². The lowest BCUT2D eigenvalue weighted by Gasteiger charge is -2.33. The van der Waals surface area contributed by atoms with Crippen molar-refractivity contribution in [3.05, 3.63) is 109 Å². The summed E-state index contributed by atoms with van der Waals surface area (Å²) in [5.41, 5.74) is 3.18. The topological polar surface area (TPSA) is 89.5 Å². The van der Waals surface area contributed by atoms with Crippen molar-refractivity contribution in [2.45, 2.75) is 24.9 Å². The van der Waals surface area contributed by atoms with Crippen LogP contribution >= 0.6 is 15.9 Å². The Hall–Kier alpha value is -3.26. The predicted octanol–water partition coefficient (Wildman–Crippen LogP) is 6.35. The standard InChI is InChI=1S/C22H18BrN3O4/c23-17-5-11-18(12-6-17)24-21(15-1-7-19(8-2-15)25(27)28)13-14-22(24)16-3-9-20(10-4-16)26(29)30/h1-12,21-22H,13-14H2. The van der Waals surface area contributed by atoms with E-state index in [9.17, 15) is 20.2 Å². The van der Waals surface area contributed by atoms with Gasteiger partial charge in [0.05, 0.1) is 21.9 Å². The largest absolute Gasteiger partial charge is 0.357 e. The molecule has 1 aliphatic heterocycles. The van der Waals surface area contributed by atoms with Gasteiger partial charge in [-0.1, -0.05) is 40.2 Å². The zero-order valence-electron chi connectivity index (χ0n) is 15.8. The highest BCUT2D eigenvalue weighted by atomic mass is 79.9.